The van der Waals surface area contributed by atoms with E-state index in [4.69, 9.17) is 16.3 Å². The van der Waals surface area contributed by atoms with Crippen LogP contribution in [0.25, 0.3) is 11.3 Å². The molecule has 0 radical (unpaired) electrons. The highest BCUT2D eigenvalue weighted by molar-refractivity contribution is 6.30. The van der Waals surface area contributed by atoms with Gasteiger partial charge < -0.3 is 22.5 Å². The highest BCUT2D eigenvalue weighted by Gasteiger charge is 2.29. The Kier molecular flexibility index (Phi) is 7.02. The van der Waals surface area contributed by atoms with Crippen LogP contribution in [0.4, 0.5) is 5.69 Å². The summed E-state index contributed by atoms with van der Waals surface area (Å²) in [6, 6.07) is 24.9. The van der Waals surface area contributed by atoms with Gasteiger partial charge in [0.15, 0.2) is 12.2 Å². The molecule has 33 heavy (non-hydrogen) atoms. The van der Waals surface area contributed by atoms with Gasteiger partial charge >= 0.3 is 0 Å². The zero-order chi connectivity index (χ0) is 21.9. The highest BCUT2D eigenvalue weighted by Crippen LogP contribution is 2.26. The Balaban J connectivity index is 0.00000259. The molecule has 1 N–H and O–H groups in total. The van der Waals surface area contributed by atoms with Crippen molar-refractivity contribution in [1.82, 2.24) is 4.57 Å². The summed E-state index contributed by atoms with van der Waals surface area (Å²) in [6.45, 7) is 1.23. The van der Waals surface area contributed by atoms with Gasteiger partial charge in [0.2, 0.25) is 0 Å². The second-order valence-corrected chi connectivity index (χ2v) is 8.24. The number of halogens is 2. The van der Waals surface area contributed by atoms with Crippen LogP contribution in [0.1, 0.15) is 12.2 Å². The van der Waals surface area contributed by atoms with Crippen LogP contribution in [0.3, 0.4) is 0 Å². The second kappa shape index (κ2) is 10.1. The number of imidazole rings is 1. The highest BCUT2D eigenvalue weighted by atomic mass is 35.5. The molecule has 0 aliphatic carbocycles. The van der Waals surface area contributed by atoms with Crippen molar-refractivity contribution in [3.63, 3.8) is 0 Å². The minimum Gasteiger partial charge on any atom is -1.00 e. The number of para-hydroxylation sites is 1. The van der Waals surface area contributed by atoms with Crippen LogP contribution in [-0.2, 0) is 24.3 Å². The number of carbonyl (C=O) groups is 1. The first-order valence-corrected chi connectivity index (χ1v) is 11.0. The summed E-state index contributed by atoms with van der Waals surface area (Å²) in [6.07, 6.45) is 4.11. The number of carbonyl (C=O) groups excluding carboxylic acids is 1. The Bertz CT molecular complexity index is 1240. The third kappa shape index (κ3) is 5.21. The van der Waals surface area contributed by atoms with Crippen LogP contribution in [-0.4, -0.2) is 10.5 Å². The standard InChI is InChI=1S/C26H22ClN3O2.ClH/c27-20-10-8-19(9-11-20)24-17-29(26-7-4-16-30(24)26)18-25(31)28-21-12-14-23(15-13-21)32-22-5-2-1-3-6-22;/h1-3,5-6,8-15,17H,4,7,16,18H2;1H. The molecular weight excluding hydrogens is 457 g/mol. The summed E-state index contributed by atoms with van der Waals surface area (Å²) in [5.74, 6) is 2.62. The number of ether oxygens (including phenoxy) is 1. The fraction of sp³-hybridized carbons (Fsp3) is 0.154. The van der Waals surface area contributed by atoms with Gasteiger partial charge in [-0.3, -0.25) is 4.79 Å². The van der Waals surface area contributed by atoms with Gasteiger partial charge in [-0.2, -0.15) is 0 Å². The Labute approximate surface area is 204 Å². The normalized spacial score (nSPS) is 12.0. The van der Waals surface area contributed by atoms with E-state index < -0.39 is 0 Å². The summed E-state index contributed by atoms with van der Waals surface area (Å²) in [7, 11) is 0. The van der Waals surface area contributed by atoms with Crippen molar-refractivity contribution >= 4 is 23.2 Å². The van der Waals surface area contributed by atoms with Crippen LogP contribution >= 0.6 is 11.6 Å². The molecule has 5 rings (SSSR count). The number of nitrogens with zero attached hydrogens (tertiary/aromatic N) is 2. The van der Waals surface area contributed by atoms with Gasteiger partial charge in [-0.1, -0.05) is 29.8 Å². The average molecular weight is 480 g/mol. The van der Waals surface area contributed by atoms with E-state index in [1.54, 1.807) is 0 Å². The smallest absolute Gasteiger partial charge is 0.266 e. The first-order valence-electron chi connectivity index (χ1n) is 10.7. The molecule has 3 aromatic carbocycles. The second-order valence-electron chi connectivity index (χ2n) is 7.81. The fourth-order valence-corrected chi connectivity index (χ4v) is 4.21. The van der Waals surface area contributed by atoms with Crippen molar-refractivity contribution in [3.05, 3.63) is 95.9 Å². The zero-order valence-electron chi connectivity index (χ0n) is 17.9. The molecule has 1 amide bonds. The van der Waals surface area contributed by atoms with E-state index in [1.165, 1.54) is 5.82 Å². The van der Waals surface area contributed by atoms with Gasteiger partial charge in [0.05, 0.1) is 13.0 Å². The molecule has 1 aliphatic heterocycles. The minimum atomic E-state index is -0.0605. The van der Waals surface area contributed by atoms with Crippen LogP contribution in [0, 0.1) is 0 Å². The predicted molar refractivity (Wildman–Crippen MR) is 125 cm³/mol. The molecule has 0 spiro atoms. The van der Waals surface area contributed by atoms with E-state index in [-0.39, 0.29) is 24.9 Å². The van der Waals surface area contributed by atoms with Gasteiger partial charge in [-0.15, -0.1) is 0 Å². The monoisotopic (exact) mass is 479 g/mol. The van der Waals surface area contributed by atoms with Crippen molar-refractivity contribution in [2.24, 2.45) is 0 Å². The molecule has 0 bridgehead atoms. The fourth-order valence-electron chi connectivity index (χ4n) is 4.08. The number of anilines is 1. The van der Waals surface area contributed by atoms with Gasteiger partial charge in [-0.25, -0.2) is 9.13 Å². The molecule has 1 aliphatic rings. The number of aromatic nitrogens is 2. The largest absolute Gasteiger partial charge is 1.00 e. The summed E-state index contributed by atoms with van der Waals surface area (Å²) in [5.41, 5.74) is 2.96. The van der Waals surface area contributed by atoms with Crippen molar-refractivity contribution in [1.29, 1.82) is 0 Å². The summed E-state index contributed by atoms with van der Waals surface area (Å²) < 4.78 is 10.2. The number of fused-ring (bicyclic) bond motifs is 1. The lowest BCUT2D eigenvalue weighted by Gasteiger charge is -2.08. The molecule has 0 unspecified atom stereocenters. The summed E-state index contributed by atoms with van der Waals surface area (Å²) >= 11 is 6.04. The number of benzene rings is 3. The van der Waals surface area contributed by atoms with Gasteiger partial charge in [0.25, 0.3) is 11.7 Å². The molecule has 0 saturated heterocycles. The SMILES string of the molecule is O=C(C[n+]1cc(-c2ccc(Cl)cc2)n2c1CCC2)Nc1ccc(Oc2ccccc2)cc1.[Cl-]. The quantitative estimate of drug-likeness (QED) is 0.432. The predicted octanol–water partition coefficient (Wildman–Crippen LogP) is 2.48. The number of hydrogen-bond acceptors (Lipinski definition) is 2. The summed E-state index contributed by atoms with van der Waals surface area (Å²) in [5, 5.41) is 3.70. The zero-order valence-corrected chi connectivity index (χ0v) is 19.4. The Morgan fingerprint density at radius 1 is 0.970 bits per heavy atom. The maximum atomic E-state index is 12.8. The molecule has 168 valence electrons. The van der Waals surface area contributed by atoms with E-state index in [0.717, 1.165) is 52.9 Å². The van der Waals surface area contributed by atoms with Gasteiger partial charge in [-0.05, 0) is 67.1 Å². The Morgan fingerprint density at radius 2 is 1.67 bits per heavy atom. The van der Waals surface area contributed by atoms with Gasteiger partial charge in [0, 0.05) is 16.3 Å². The molecule has 2 heterocycles. The van der Waals surface area contributed by atoms with E-state index in [1.807, 2.05) is 78.9 Å². The third-order valence-electron chi connectivity index (χ3n) is 5.57. The Morgan fingerprint density at radius 3 is 2.39 bits per heavy atom. The van der Waals surface area contributed by atoms with Crippen LogP contribution < -0.4 is 27.0 Å². The van der Waals surface area contributed by atoms with Crippen molar-refractivity contribution in [2.45, 2.75) is 25.9 Å². The van der Waals surface area contributed by atoms with Crippen molar-refractivity contribution in [2.75, 3.05) is 5.32 Å². The molecule has 5 nitrogen and oxygen atoms in total. The molecule has 0 fully saturated rings. The summed E-state index contributed by atoms with van der Waals surface area (Å²) in [4.78, 5) is 12.8. The lowest BCUT2D eigenvalue weighted by atomic mass is 10.2. The number of amides is 1. The number of nitrogens with one attached hydrogen (secondary N) is 1. The van der Waals surface area contributed by atoms with Crippen LogP contribution in [0.15, 0.2) is 85.1 Å². The Hall–Kier alpha value is -3.28. The van der Waals surface area contributed by atoms with E-state index in [9.17, 15) is 4.79 Å². The van der Waals surface area contributed by atoms with Crippen LogP contribution in [0.5, 0.6) is 11.5 Å². The lowest BCUT2D eigenvalue weighted by Crippen LogP contribution is -3.00. The van der Waals surface area contributed by atoms with E-state index >= 15 is 0 Å². The first kappa shape index (κ1) is 22.9. The van der Waals surface area contributed by atoms with Crippen molar-refractivity contribution < 1.29 is 26.5 Å². The maximum absolute atomic E-state index is 12.8. The topological polar surface area (TPSA) is 47.1 Å². The minimum absolute atomic E-state index is 0. The molecule has 0 atom stereocenters. The molecule has 4 aromatic rings. The maximum Gasteiger partial charge on any atom is 0.266 e. The third-order valence-corrected chi connectivity index (χ3v) is 5.82. The number of hydrogen-bond donors (Lipinski definition) is 1. The average Bonchev–Trinajstić information content (AvgIpc) is 3.41. The lowest BCUT2D eigenvalue weighted by molar-refractivity contribution is -0.690. The molecule has 0 saturated carbocycles. The van der Waals surface area contributed by atoms with E-state index in [2.05, 4.69) is 20.6 Å². The van der Waals surface area contributed by atoms with Crippen LogP contribution in [0.2, 0.25) is 5.02 Å². The van der Waals surface area contributed by atoms with Gasteiger partial charge in [0.1, 0.15) is 17.7 Å². The molecule has 1 aromatic heterocycles. The van der Waals surface area contributed by atoms with E-state index in [0.29, 0.717) is 0 Å². The van der Waals surface area contributed by atoms with Crippen molar-refractivity contribution in [3.8, 4) is 22.8 Å². The number of rotatable bonds is 6. The first-order chi connectivity index (χ1) is 15.7. The molecule has 7 heteroatoms. The molecular formula is C26H23Cl2N3O2.